The van der Waals surface area contributed by atoms with Gasteiger partial charge in [0.25, 0.3) is 0 Å². The van der Waals surface area contributed by atoms with Gasteiger partial charge < -0.3 is 0 Å². The molecule has 0 N–H and O–H groups in total. The summed E-state index contributed by atoms with van der Waals surface area (Å²) in [5, 5.41) is 0. The van der Waals surface area contributed by atoms with Crippen LogP contribution in [0.1, 0.15) is 83.1 Å². The van der Waals surface area contributed by atoms with Gasteiger partial charge in [-0.1, -0.05) is 92.4 Å². The molecule has 0 aromatic heterocycles. The van der Waals surface area contributed by atoms with Crippen LogP contribution in [0.25, 0.3) is 0 Å². The molecule has 0 aromatic carbocycles. The van der Waals surface area contributed by atoms with E-state index in [4.69, 9.17) is 0 Å². The molecule has 0 radical (unpaired) electrons. The summed E-state index contributed by atoms with van der Waals surface area (Å²) in [5.41, 5.74) is 2.88. The zero-order valence-corrected chi connectivity index (χ0v) is 18.3. The second-order valence-electron chi connectivity index (χ2n) is 10.9. The Hall–Kier alpha value is -1.22. The second-order valence-corrected chi connectivity index (χ2v) is 10.9. The molecule has 0 spiro atoms. The minimum atomic E-state index is 0.0209. The molecule has 0 aromatic rings. The summed E-state index contributed by atoms with van der Waals surface area (Å²) in [4.78, 5) is 0. The fourth-order valence-electron chi connectivity index (χ4n) is 1.80. The van der Waals surface area contributed by atoms with Gasteiger partial charge in [-0.05, 0) is 48.7 Å². The van der Waals surface area contributed by atoms with Crippen molar-refractivity contribution in [3.05, 3.63) is 35.5 Å². The summed E-state index contributed by atoms with van der Waals surface area (Å²) in [6, 6.07) is 0. The lowest BCUT2D eigenvalue weighted by Crippen LogP contribution is -2.11. The average molecular weight is 329 g/mol. The van der Waals surface area contributed by atoms with Crippen molar-refractivity contribution in [3.8, 4) is 11.8 Å². The van der Waals surface area contributed by atoms with Gasteiger partial charge in [-0.15, -0.1) is 0 Å². The van der Waals surface area contributed by atoms with Gasteiger partial charge in [-0.2, -0.15) is 0 Å². The normalized spacial score (nSPS) is 15.5. The molecule has 0 aliphatic heterocycles. The predicted octanol–water partition coefficient (Wildman–Crippen LogP) is 7.58. The first-order valence-corrected chi connectivity index (χ1v) is 9.07. The van der Waals surface area contributed by atoms with E-state index in [9.17, 15) is 0 Å². The molecule has 0 heterocycles. The quantitative estimate of drug-likeness (QED) is 0.362. The predicted molar refractivity (Wildman–Crippen MR) is 111 cm³/mol. The highest BCUT2D eigenvalue weighted by molar-refractivity contribution is 5.40. The highest BCUT2D eigenvalue weighted by atomic mass is 14.2. The second kappa shape index (κ2) is 7.77. The Morgan fingerprint density at radius 2 is 1.17 bits per heavy atom. The monoisotopic (exact) mass is 328 g/mol. The lowest BCUT2D eigenvalue weighted by molar-refractivity contribution is 0.507. The fourth-order valence-corrected chi connectivity index (χ4v) is 1.80. The largest absolute Gasteiger partial charge is 0.0923 e. The molecule has 24 heavy (non-hydrogen) atoms. The molecule has 0 amide bonds. The molecule has 0 saturated heterocycles. The van der Waals surface area contributed by atoms with Crippen molar-refractivity contribution in [2.75, 3.05) is 0 Å². The van der Waals surface area contributed by atoms with Gasteiger partial charge in [0.2, 0.25) is 0 Å². The standard InChI is InChI=1S/C24H40/c1-21(2,3)17-15-19(23(7,8)9)13-14-20(24(10,11)12)16-18-22(4,5)6/h13-15,17H,1-12H3/b17-15+,19-13+,20-14+. The maximum atomic E-state index is 3.42. The van der Waals surface area contributed by atoms with Crippen molar-refractivity contribution in [1.29, 1.82) is 0 Å². The Labute approximate surface area is 152 Å². The van der Waals surface area contributed by atoms with E-state index in [1.807, 2.05) is 0 Å². The summed E-state index contributed by atoms with van der Waals surface area (Å²) >= 11 is 0. The Morgan fingerprint density at radius 1 is 0.667 bits per heavy atom. The molecule has 0 atom stereocenters. The van der Waals surface area contributed by atoms with E-state index < -0.39 is 0 Å². The third-order valence-corrected chi connectivity index (χ3v) is 3.44. The molecule has 0 aliphatic rings. The van der Waals surface area contributed by atoms with Crippen molar-refractivity contribution in [3.63, 3.8) is 0 Å². The van der Waals surface area contributed by atoms with Crippen LogP contribution in [0.2, 0.25) is 0 Å². The van der Waals surface area contributed by atoms with Gasteiger partial charge in [-0.25, -0.2) is 0 Å². The van der Waals surface area contributed by atoms with Gasteiger partial charge >= 0.3 is 0 Å². The Kier molecular flexibility index (Phi) is 7.38. The van der Waals surface area contributed by atoms with Crippen molar-refractivity contribution >= 4 is 0 Å². The summed E-state index contributed by atoms with van der Waals surface area (Å²) in [6.07, 6.45) is 9.02. The van der Waals surface area contributed by atoms with Crippen molar-refractivity contribution in [1.82, 2.24) is 0 Å². The smallest absolute Gasteiger partial charge is 0.0233 e. The molecule has 0 rings (SSSR count). The first-order chi connectivity index (χ1) is 10.4. The van der Waals surface area contributed by atoms with E-state index in [0.717, 1.165) is 0 Å². The molecule has 0 heteroatoms. The van der Waals surface area contributed by atoms with Gasteiger partial charge in [0, 0.05) is 11.0 Å². The third kappa shape index (κ3) is 10.5. The Balaban J connectivity index is 5.98. The Morgan fingerprint density at radius 3 is 1.50 bits per heavy atom. The van der Waals surface area contributed by atoms with Crippen LogP contribution in [0, 0.1) is 33.5 Å². The van der Waals surface area contributed by atoms with Crippen molar-refractivity contribution in [2.24, 2.45) is 21.7 Å². The highest BCUT2D eigenvalue weighted by Gasteiger charge is 2.18. The summed E-state index contributed by atoms with van der Waals surface area (Å²) < 4.78 is 0. The molecule has 0 fully saturated rings. The van der Waals surface area contributed by atoms with Crippen LogP contribution in [0.5, 0.6) is 0 Å². The number of hydrogen-bond acceptors (Lipinski definition) is 0. The molecule has 0 unspecified atom stereocenters. The van der Waals surface area contributed by atoms with Gasteiger partial charge in [0.05, 0.1) is 0 Å². The lowest BCUT2D eigenvalue weighted by Gasteiger charge is -2.23. The van der Waals surface area contributed by atoms with Crippen LogP contribution in [0.15, 0.2) is 35.5 Å². The molecular formula is C24H40. The maximum absolute atomic E-state index is 3.42. The zero-order chi connectivity index (χ0) is 19.4. The van der Waals surface area contributed by atoms with Gasteiger partial charge in [0.15, 0.2) is 0 Å². The molecule has 0 saturated carbocycles. The van der Waals surface area contributed by atoms with Crippen molar-refractivity contribution < 1.29 is 0 Å². The first-order valence-electron chi connectivity index (χ1n) is 9.07. The van der Waals surface area contributed by atoms with E-state index >= 15 is 0 Å². The van der Waals surface area contributed by atoms with Crippen LogP contribution in [-0.2, 0) is 0 Å². The minimum absolute atomic E-state index is 0.0209. The number of allylic oxidation sites excluding steroid dienone is 6. The zero-order valence-electron chi connectivity index (χ0n) is 18.3. The molecule has 0 nitrogen and oxygen atoms in total. The fraction of sp³-hybridized carbons (Fsp3) is 0.667. The highest BCUT2D eigenvalue weighted by Crippen LogP contribution is 2.30. The van der Waals surface area contributed by atoms with E-state index in [1.54, 1.807) is 0 Å². The van der Waals surface area contributed by atoms with E-state index in [2.05, 4.69) is 119 Å². The molecule has 136 valence electrons. The lowest BCUT2D eigenvalue weighted by atomic mass is 9.82. The van der Waals surface area contributed by atoms with Crippen LogP contribution in [0.4, 0.5) is 0 Å². The molecule has 0 aliphatic carbocycles. The topological polar surface area (TPSA) is 0 Å². The van der Waals surface area contributed by atoms with Crippen LogP contribution in [0.3, 0.4) is 0 Å². The van der Waals surface area contributed by atoms with E-state index in [1.165, 1.54) is 11.1 Å². The molecular weight excluding hydrogens is 288 g/mol. The van der Waals surface area contributed by atoms with E-state index in [-0.39, 0.29) is 21.7 Å². The maximum Gasteiger partial charge on any atom is 0.0233 e. The SMILES string of the molecule is CC(C)(C)C#C\C(=C/C=C(\C=C\C(C)(C)C)C(C)(C)C)C(C)(C)C. The van der Waals surface area contributed by atoms with E-state index in [0.29, 0.717) is 0 Å². The number of hydrogen-bond donors (Lipinski definition) is 0. The molecule has 0 bridgehead atoms. The summed E-state index contributed by atoms with van der Waals surface area (Å²) in [6.45, 7) is 26.6. The van der Waals surface area contributed by atoms with Crippen LogP contribution >= 0.6 is 0 Å². The van der Waals surface area contributed by atoms with Gasteiger partial charge in [-0.3, -0.25) is 0 Å². The van der Waals surface area contributed by atoms with Crippen LogP contribution in [-0.4, -0.2) is 0 Å². The number of rotatable bonds is 2. The minimum Gasteiger partial charge on any atom is -0.0923 e. The first kappa shape index (κ1) is 22.8. The Bertz CT molecular complexity index is 553. The summed E-state index contributed by atoms with van der Waals surface area (Å²) in [5.74, 6) is 6.80. The average Bonchev–Trinajstić information content (AvgIpc) is 2.26. The third-order valence-electron chi connectivity index (χ3n) is 3.44. The van der Waals surface area contributed by atoms with Crippen molar-refractivity contribution in [2.45, 2.75) is 83.1 Å². The van der Waals surface area contributed by atoms with Gasteiger partial charge in [0.1, 0.15) is 0 Å². The van der Waals surface area contributed by atoms with Crippen LogP contribution < -0.4 is 0 Å². The summed E-state index contributed by atoms with van der Waals surface area (Å²) in [7, 11) is 0.